The summed E-state index contributed by atoms with van der Waals surface area (Å²) in [6.45, 7) is 15.0. The first kappa shape index (κ1) is 24.0. The average molecular weight is 459 g/mol. The maximum absolute atomic E-state index is 12.6. The Balaban J connectivity index is 0.00000141. The van der Waals surface area contributed by atoms with E-state index in [4.69, 9.17) is 9.72 Å². The molecule has 1 N–H and O–H groups in total. The van der Waals surface area contributed by atoms with E-state index < -0.39 is 5.60 Å². The quantitative estimate of drug-likeness (QED) is 0.543. The van der Waals surface area contributed by atoms with Crippen molar-refractivity contribution in [2.45, 2.75) is 72.8 Å². The highest BCUT2D eigenvalue weighted by Crippen LogP contribution is 2.31. The number of piperidine rings is 1. The van der Waals surface area contributed by atoms with Crippen LogP contribution in [0.25, 0.3) is 5.65 Å². The highest BCUT2D eigenvalue weighted by molar-refractivity contribution is 7.10. The minimum Gasteiger partial charge on any atom is -0.444 e. The SMILES string of the molecule is CC.Cc1cc(Nc2cc(C3CCCN(C(=O)OC(C)(C)C)C3)nc3c(C)cnn23)sn1. The van der Waals surface area contributed by atoms with Crippen molar-refractivity contribution in [1.82, 2.24) is 23.9 Å². The summed E-state index contributed by atoms with van der Waals surface area (Å²) in [6.07, 6.45) is 3.47. The summed E-state index contributed by atoms with van der Waals surface area (Å²) in [5.41, 5.74) is 3.28. The number of nitrogens with zero attached hydrogens (tertiary/aromatic N) is 5. The van der Waals surface area contributed by atoms with Crippen LogP contribution in [0.2, 0.25) is 0 Å². The van der Waals surface area contributed by atoms with Gasteiger partial charge in [-0.3, -0.25) is 0 Å². The summed E-state index contributed by atoms with van der Waals surface area (Å²) < 4.78 is 11.7. The van der Waals surface area contributed by atoms with Crippen LogP contribution in [0.15, 0.2) is 18.3 Å². The number of likely N-dealkylation sites (tertiary alicyclic amines) is 1. The Labute approximate surface area is 194 Å². The number of ether oxygens (including phenoxy) is 1. The fourth-order valence-electron chi connectivity index (χ4n) is 3.65. The Morgan fingerprint density at radius 3 is 2.66 bits per heavy atom. The van der Waals surface area contributed by atoms with Crippen molar-refractivity contribution < 1.29 is 9.53 Å². The van der Waals surface area contributed by atoms with Crippen LogP contribution >= 0.6 is 11.5 Å². The highest BCUT2D eigenvalue weighted by Gasteiger charge is 2.29. The molecule has 1 saturated heterocycles. The van der Waals surface area contributed by atoms with Gasteiger partial charge in [0.15, 0.2) is 5.65 Å². The van der Waals surface area contributed by atoms with E-state index in [1.165, 1.54) is 11.5 Å². The third kappa shape index (κ3) is 5.56. The molecule has 1 aliphatic rings. The Morgan fingerprint density at radius 2 is 2.00 bits per heavy atom. The van der Waals surface area contributed by atoms with E-state index in [2.05, 4.69) is 14.8 Å². The lowest BCUT2D eigenvalue weighted by Crippen LogP contribution is -2.42. The van der Waals surface area contributed by atoms with Crippen LogP contribution < -0.4 is 5.32 Å². The first-order valence-corrected chi connectivity index (χ1v) is 12.0. The largest absolute Gasteiger partial charge is 0.444 e. The van der Waals surface area contributed by atoms with E-state index >= 15 is 0 Å². The molecule has 32 heavy (non-hydrogen) atoms. The lowest BCUT2D eigenvalue weighted by Gasteiger charge is -2.34. The summed E-state index contributed by atoms with van der Waals surface area (Å²) in [5.74, 6) is 0.996. The molecule has 1 fully saturated rings. The second kappa shape index (κ2) is 9.85. The Hall–Kier alpha value is -2.68. The second-order valence-corrected chi connectivity index (χ2v) is 9.66. The van der Waals surface area contributed by atoms with Crippen molar-refractivity contribution in [2.24, 2.45) is 0 Å². The van der Waals surface area contributed by atoms with Crippen molar-refractivity contribution in [2.75, 3.05) is 18.4 Å². The molecule has 3 aromatic heterocycles. The minimum absolute atomic E-state index is 0.148. The highest BCUT2D eigenvalue weighted by atomic mass is 32.1. The predicted molar refractivity (Wildman–Crippen MR) is 129 cm³/mol. The number of hydrogen-bond acceptors (Lipinski definition) is 7. The van der Waals surface area contributed by atoms with Gasteiger partial charge in [-0.2, -0.15) is 14.0 Å². The van der Waals surface area contributed by atoms with Gasteiger partial charge in [0.05, 0.1) is 17.6 Å². The van der Waals surface area contributed by atoms with Gasteiger partial charge in [-0.25, -0.2) is 9.78 Å². The molecule has 0 bridgehead atoms. The number of carbonyl (C=O) groups is 1. The molecular formula is C23H34N6O2S. The summed E-state index contributed by atoms with van der Waals surface area (Å²) in [5, 5.41) is 8.88. The van der Waals surface area contributed by atoms with E-state index in [0.717, 1.165) is 46.3 Å². The molecule has 0 radical (unpaired) electrons. The van der Waals surface area contributed by atoms with Gasteiger partial charge in [-0.15, -0.1) is 0 Å². The number of nitrogens with one attached hydrogen (secondary N) is 1. The van der Waals surface area contributed by atoms with Gasteiger partial charge in [0, 0.05) is 30.6 Å². The van der Waals surface area contributed by atoms with Crippen LogP contribution in [0.3, 0.4) is 0 Å². The van der Waals surface area contributed by atoms with Crippen LogP contribution in [0, 0.1) is 13.8 Å². The maximum Gasteiger partial charge on any atom is 0.410 e. The number of anilines is 2. The topological polar surface area (TPSA) is 84.7 Å². The Kier molecular flexibility index (Phi) is 7.38. The first-order chi connectivity index (χ1) is 15.2. The summed E-state index contributed by atoms with van der Waals surface area (Å²) >= 11 is 1.42. The van der Waals surface area contributed by atoms with E-state index in [9.17, 15) is 4.79 Å². The zero-order chi connectivity index (χ0) is 23.5. The molecule has 9 heteroatoms. The number of fused-ring (bicyclic) bond motifs is 1. The molecule has 1 aliphatic heterocycles. The number of rotatable bonds is 3. The molecule has 3 aromatic rings. The van der Waals surface area contributed by atoms with Gasteiger partial charge in [-0.1, -0.05) is 13.8 Å². The normalized spacial score (nSPS) is 16.5. The van der Waals surface area contributed by atoms with Gasteiger partial charge in [0.25, 0.3) is 0 Å². The molecule has 1 amide bonds. The summed E-state index contributed by atoms with van der Waals surface area (Å²) in [7, 11) is 0. The van der Waals surface area contributed by atoms with Crippen molar-refractivity contribution >= 4 is 34.1 Å². The van der Waals surface area contributed by atoms with E-state index in [0.29, 0.717) is 13.1 Å². The van der Waals surface area contributed by atoms with Gasteiger partial charge in [0.1, 0.15) is 16.4 Å². The third-order valence-electron chi connectivity index (χ3n) is 5.04. The fourth-order valence-corrected chi connectivity index (χ4v) is 4.32. The van der Waals surface area contributed by atoms with Crippen LogP contribution in [0.1, 0.15) is 70.3 Å². The number of hydrogen-bond donors (Lipinski definition) is 1. The second-order valence-electron chi connectivity index (χ2n) is 8.85. The molecule has 0 spiro atoms. The molecule has 1 unspecified atom stereocenters. The molecule has 4 heterocycles. The predicted octanol–water partition coefficient (Wildman–Crippen LogP) is 5.69. The number of aryl methyl sites for hydroxylation is 2. The van der Waals surface area contributed by atoms with Crippen LogP contribution in [-0.4, -0.2) is 48.7 Å². The minimum atomic E-state index is -0.500. The molecule has 0 saturated carbocycles. The smallest absolute Gasteiger partial charge is 0.410 e. The van der Waals surface area contributed by atoms with Crippen molar-refractivity contribution in [1.29, 1.82) is 0 Å². The lowest BCUT2D eigenvalue weighted by atomic mass is 9.94. The van der Waals surface area contributed by atoms with Crippen molar-refractivity contribution in [3.8, 4) is 0 Å². The van der Waals surface area contributed by atoms with E-state index in [1.807, 2.05) is 71.3 Å². The number of aromatic nitrogens is 4. The third-order valence-corrected chi connectivity index (χ3v) is 5.83. The molecular weight excluding hydrogens is 424 g/mol. The number of carbonyl (C=O) groups excluding carboxylic acids is 1. The maximum atomic E-state index is 12.6. The van der Waals surface area contributed by atoms with E-state index in [1.54, 1.807) is 4.90 Å². The first-order valence-electron chi connectivity index (χ1n) is 11.2. The van der Waals surface area contributed by atoms with E-state index in [-0.39, 0.29) is 12.0 Å². The van der Waals surface area contributed by atoms with Crippen LogP contribution in [0.5, 0.6) is 0 Å². The Morgan fingerprint density at radius 1 is 1.25 bits per heavy atom. The van der Waals surface area contributed by atoms with Crippen molar-refractivity contribution in [3.05, 3.63) is 35.3 Å². The monoisotopic (exact) mass is 458 g/mol. The fraction of sp³-hybridized carbons (Fsp3) is 0.565. The number of amides is 1. The Bertz CT molecular complexity index is 1070. The summed E-state index contributed by atoms with van der Waals surface area (Å²) in [4.78, 5) is 19.3. The molecule has 0 aliphatic carbocycles. The molecule has 0 aromatic carbocycles. The zero-order valence-corrected chi connectivity index (χ0v) is 20.9. The molecule has 8 nitrogen and oxygen atoms in total. The zero-order valence-electron chi connectivity index (χ0n) is 20.1. The van der Waals surface area contributed by atoms with Crippen LogP contribution in [-0.2, 0) is 4.74 Å². The van der Waals surface area contributed by atoms with Crippen molar-refractivity contribution in [3.63, 3.8) is 0 Å². The van der Waals surface area contributed by atoms with Gasteiger partial charge in [-0.05, 0) is 65.1 Å². The molecule has 4 rings (SSSR count). The average Bonchev–Trinajstić information content (AvgIpc) is 3.34. The molecule has 1 atom stereocenters. The van der Waals surface area contributed by atoms with Crippen LogP contribution in [0.4, 0.5) is 15.6 Å². The lowest BCUT2D eigenvalue weighted by molar-refractivity contribution is 0.0197. The standard InChI is InChI=1S/C21H28N6O2S.C2H6/c1-13-11-22-27-17(24-18-9-14(2)25-30-18)10-16(23-19(13)27)15-7-6-8-26(12-15)20(28)29-21(3,4)5;1-2/h9-11,15,24H,6-8,12H2,1-5H3;1-2H3. The van der Waals surface area contributed by atoms with Gasteiger partial charge in [0.2, 0.25) is 0 Å². The van der Waals surface area contributed by atoms with Gasteiger partial charge < -0.3 is 15.0 Å². The molecule has 174 valence electrons. The summed E-state index contributed by atoms with van der Waals surface area (Å²) in [6, 6.07) is 4.05. The van der Waals surface area contributed by atoms with Gasteiger partial charge >= 0.3 is 6.09 Å².